The summed E-state index contributed by atoms with van der Waals surface area (Å²) in [6.45, 7) is 5.51. The number of hydrogen-bond donors (Lipinski definition) is 0. The van der Waals surface area contributed by atoms with Crippen LogP contribution >= 0.6 is 0 Å². The van der Waals surface area contributed by atoms with Crippen LogP contribution in [0, 0.1) is 13.8 Å². The predicted molar refractivity (Wildman–Crippen MR) is 108 cm³/mol. The second kappa shape index (κ2) is 7.39. The Morgan fingerprint density at radius 1 is 1.04 bits per heavy atom. The average Bonchev–Trinajstić information content (AvgIpc) is 2.87. The molecular formula is C23H25N3O. The fourth-order valence-electron chi connectivity index (χ4n) is 3.87. The Bertz CT molecular complexity index is 973. The molecular weight excluding hydrogens is 334 g/mol. The number of rotatable bonds is 3. The van der Waals surface area contributed by atoms with Crippen LogP contribution in [0.1, 0.15) is 45.7 Å². The van der Waals surface area contributed by atoms with Gasteiger partial charge >= 0.3 is 0 Å². The zero-order chi connectivity index (χ0) is 18.8. The Labute approximate surface area is 160 Å². The molecule has 0 saturated heterocycles. The first-order valence-corrected chi connectivity index (χ1v) is 9.61. The van der Waals surface area contributed by atoms with Crippen molar-refractivity contribution in [2.24, 2.45) is 0 Å². The van der Waals surface area contributed by atoms with Crippen LogP contribution in [-0.4, -0.2) is 22.2 Å². The molecule has 0 radical (unpaired) electrons. The molecule has 0 fully saturated rings. The molecule has 138 valence electrons. The molecule has 0 saturated carbocycles. The van der Waals surface area contributed by atoms with Gasteiger partial charge in [-0.05, 0) is 68.5 Å². The van der Waals surface area contributed by atoms with Crippen LogP contribution in [0.15, 0.2) is 54.6 Å². The number of anilines is 1. The van der Waals surface area contributed by atoms with Crippen LogP contribution < -0.4 is 4.90 Å². The lowest BCUT2D eigenvalue weighted by Crippen LogP contribution is -2.31. The standard InChI is InChI=1S/C23H25N3O/c1-17-14-18(2)26(24-17)16-19-8-7-11-21(15-19)23(27)25-13-6-5-10-20-9-3-4-12-22(20)25/h3-4,7-9,11-12,14-15H,5-6,10,13,16H2,1-2H3. The van der Waals surface area contributed by atoms with Gasteiger partial charge in [0, 0.05) is 23.5 Å². The molecule has 2 heterocycles. The van der Waals surface area contributed by atoms with Gasteiger partial charge < -0.3 is 4.90 Å². The van der Waals surface area contributed by atoms with Gasteiger partial charge in [-0.15, -0.1) is 0 Å². The molecule has 4 rings (SSSR count). The largest absolute Gasteiger partial charge is 0.308 e. The minimum atomic E-state index is 0.0829. The summed E-state index contributed by atoms with van der Waals surface area (Å²) >= 11 is 0. The Hall–Kier alpha value is -2.88. The van der Waals surface area contributed by atoms with Gasteiger partial charge in [0.25, 0.3) is 5.91 Å². The minimum absolute atomic E-state index is 0.0829. The molecule has 0 atom stereocenters. The van der Waals surface area contributed by atoms with E-state index in [4.69, 9.17) is 0 Å². The van der Waals surface area contributed by atoms with Gasteiger partial charge in [-0.1, -0.05) is 30.3 Å². The van der Waals surface area contributed by atoms with Gasteiger partial charge in [-0.3, -0.25) is 9.48 Å². The number of para-hydroxylation sites is 1. The Morgan fingerprint density at radius 3 is 2.70 bits per heavy atom. The first-order chi connectivity index (χ1) is 13.1. The quantitative estimate of drug-likeness (QED) is 0.689. The van der Waals surface area contributed by atoms with Gasteiger partial charge in [-0.25, -0.2) is 0 Å². The van der Waals surface area contributed by atoms with Gasteiger partial charge in [0.2, 0.25) is 0 Å². The fraction of sp³-hybridized carbons (Fsp3) is 0.304. The van der Waals surface area contributed by atoms with Gasteiger partial charge in [0.15, 0.2) is 0 Å². The monoisotopic (exact) mass is 359 g/mol. The van der Waals surface area contributed by atoms with E-state index in [0.29, 0.717) is 6.54 Å². The molecule has 4 nitrogen and oxygen atoms in total. The number of amides is 1. The van der Waals surface area contributed by atoms with Crippen LogP contribution in [0.5, 0.6) is 0 Å². The summed E-state index contributed by atoms with van der Waals surface area (Å²) < 4.78 is 1.99. The maximum atomic E-state index is 13.3. The van der Waals surface area contributed by atoms with Crippen LogP contribution in [-0.2, 0) is 13.0 Å². The lowest BCUT2D eigenvalue weighted by atomic mass is 10.1. The molecule has 0 N–H and O–H groups in total. The summed E-state index contributed by atoms with van der Waals surface area (Å²) in [6.07, 6.45) is 3.20. The van der Waals surface area contributed by atoms with Gasteiger partial charge in [0.1, 0.15) is 0 Å². The molecule has 0 unspecified atom stereocenters. The summed E-state index contributed by atoms with van der Waals surface area (Å²) in [5.74, 6) is 0.0829. The number of aryl methyl sites for hydroxylation is 3. The molecule has 4 heteroatoms. The van der Waals surface area contributed by atoms with Gasteiger partial charge in [-0.2, -0.15) is 5.10 Å². The highest BCUT2D eigenvalue weighted by atomic mass is 16.2. The fourth-order valence-corrected chi connectivity index (χ4v) is 3.87. The average molecular weight is 359 g/mol. The zero-order valence-corrected chi connectivity index (χ0v) is 16.0. The topological polar surface area (TPSA) is 38.1 Å². The number of hydrogen-bond acceptors (Lipinski definition) is 2. The highest BCUT2D eigenvalue weighted by Gasteiger charge is 2.22. The van der Waals surface area contributed by atoms with Crippen molar-refractivity contribution in [3.05, 3.63) is 82.7 Å². The first kappa shape index (κ1) is 17.5. The molecule has 27 heavy (non-hydrogen) atoms. The number of carbonyl (C=O) groups is 1. The Morgan fingerprint density at radius 2 is 1.89 bits per heavy atom. The van der Waals surface area contributed by atoms with Crippen molar-refractivity contribution in [1.82, 2.24) is 9.78 Å². The lowest BCUT2D eigenvalue weighted by Gasteiger charge is -2.23. The molecule has 1 amide bonds. The highest BCUT2D eigenvalue weighted by molar-refractivity contribution is 6.06. The molecule has 2 aromatic carbocycles. The van der Waals surface area contributed by atoms with Gasteiger partial charge in [0.05, 0.1) is 12.2 Å². The van der Waals surface area contributed by atoms with Crippen molar-refractivity contribution in [2.75, 3.05) is 11.4 Å². The van der Waals surface area contributed by atoms with Crippen molar-refractivity contribution in [2.45, 2.75) is 39.7 Å². The molecule has 0 aliphatic carbocycles. The first-order valence-electron chi connectivity index (χ1n) is 9.61. The molecule has 3 aromatic rings. The third-order valence-corrected chi connectivity index (χ3v) is 5.22. The summed E-state index contributed by atoms with van der Waals surface area (Å²) in [6, 6.07) is 18.3. The second-order valence-corrected chi connectivity index (χ2v) is 7.33. The van der Waals surface area contributed by atoms with Crippen molar-refractivity contribution in [3.8, 4) is 0 Å². The minimum Gasteiger partial charge on any atom is -0.308 e. The Kier molecular flexibility index (Phi) is 4.80. The number of aromatic nitrogens is 2. The smallest absolute Gasteiger partial charge is 0.258 e. The van der Waals surface area contributed by atoms with E-state index in [2.05, 4.69) is 42.4 Å². The summed E-state index contributed by atoms with van der Waals surface area (Å²) in [7, 11) is 0. The predicted octanol–water partition coefficient (Wildman–Crippen LogP) is 4.53. The van der Waals surface area contributed by atoms with Crippen LogP contribution in [0.2, 0.25) is 0 Å². The zero-order valence-electron chi connectivity index (χ0n) is 16.0. The normalized spacial score (nSPS) is 13.9. The number of nitrogens with zero attached hydrogens (tertiary/aromatic N) is 3. The molecule has 0 spiro atoms. The van der Waals surface area contributed by atoms with Crippen molar-refractivity contribution < 1.29 is 4.79 Å². The second-order valence-electron chi connectivity index (χ2n) is 7.33. The van der Waals surface area contributed by atoms with Crippen LogP contribution in [0.25, 0.3) is 0 Å². The summed E-state index contributed by atoms with van der Waals surface area (Å²) in [4.78, 5) is 15.2. The summed E-state index contributed by atoms with van der Waals surface area (Å²) in [5.41, 5.74) is 6.30. The van der Waals surface area contributed by atoms with Crippen molar-refractivity contribution >= 4 is 11.6 Å². The Balaban J connectivity index is 1.62. The van der Waals surface area contributed by atoms with Crippen molar-refractivity contribution in [3.63, 3.8) is 0 Å². The van der Waals surface area contributed by atoms with E-state index >= 15 is 0 Å². The number of carbonyl (C=O) groups excluding carboxylic acids is 1. The molecule has 1 aliphatic heterocycles. The maximum absolute atomic E-state index is 13.3. The highest BCUT2D eigenvalue weighted by Crippen LogP contribution is 2.27. The number of benzene rings is 2. The summed E-state index contributed by atoms with van der Waals surface area (Å²) in [5, 5.41) is 4.53. The third-order valence-electron chi connectivity index (χ3n) is 5.22. The lowest BCUT2D eigenvalue weighted by molar-refractivity contribution is 0.0987. The van der Waals surface area contributed by atoms with E-state index in [0.717, 1.165) is 54.0 Å². The van der Waals surface area contributed by atoms with Crippen LogP contribution in [0.3, 0.4) is 0 Å². The molecule has 1 aliphatic rings. The van der Waals surface area contributed by atoms with E-state index < -0.39 is 0 Å². The van der Waals surface area contributed by atoms with E-state index in [1.807, 2.05) is 40.8 Å². The van der Waals surface area contributed by atoms with E-state index in [1.54, 1.807) is 0 Å². The van der Waals surface area contributed by atoms with E-state index in [9.17, 15) is 4.79 Å². The van der Waals surface area contributed by atoms with E-state index in [-0.39, 0.29) is 5.91 Å². The van der Waals surface area contributed by atoms with Crippen LogP contribution in [0.4, 0.5) is 5.69 Å². The van der Waals surface area contributed by atoms with Crippen molar-refractivity contribution in [1.29, 1.82) is 0 Å². The van der Waals surface area contributed by atoms with E-state index in [1.165, 1.54) is 5.56 Å². The molecule has 1 aromatic heterocycles. The third kappa shape index (κ3) is 3.65. The number of fused-ring (bicyclic) bond motifs is 1. The SMILES string of the molecule is Cc1cc(C)n(Cc2cccc(C(=O)N3CCCCc4ccccc43)c2)n1. The molecule has 0 bridgehead atoms. The maximum Gasteiger partial charge on any atom is 0.258 e.